The van der Waals surface area contributed by atoms with Crippen LogP contribution in [0.4, 0.5) is 0 Å². The number of hydrogen-bond donors (Lipinski definition) is 1. The summed E-state index contributed by atoms with van der Waals surface area (Å²) in [5.41, 5.74) is 1.33. The van der Waals surface area contributed by atoms with Gasteiger partial charge in [0.15, 0.2) is 0 Å². The smallest absolute Gasteiger partial charge is 0.123 e. The molecule has 0 saturated carbocycles. The van der Waals surface area contributed by atoms with Crippen molar-refractivity contribution in [2.24, 2.45) is 0 Å². The zero-order valence-electron chi connectivity index (χ0n) is 13.7. The summed E-state index contributed by atoms with van der Waals surface area (Å²) >= 11 is 0. The van der Waals surface area contributed by atoms with E-state index in [1.165, 1.54) is 5.56 Å². The topological polar surface area (TPSA) is 33.7 Å². The molecular weight excluding hydrogens is 264 g/mol. The molecule has 1 saturated heterocycles. The molecule has 0 amide bonds. The van der Waals surface area contributed by atoms with Crippen LogP contribution in [-0.4, -0.2) is 50.4 Å². The van der Waals surface area contributed by atoms with E-state index in [1.807, 2.05) is 12.1 Å². The highest BCUT2D eigenvalue weighted by Crippen LogP contribution is 2.25. The Labute approximate surface area is 128 Å². The van der Waals surface area contributed by atoms with Crippen molar-refractivity contribution in [2.45, 2.75) is 32.4 Å². The number of morpholine rings is 1. The molecule has 21 heavy (non-hydrogen) atoms. The Balaban J connectivity index is 1.94. The van der Waals surface area contributed by atoms with E-state index in [2.05, 4.69) is 43.1 Å². The van der Waals surface area contributed by atoms with E-state index in [4.69, 9.17) is 9.47 Å². The van der Waals surface area contributed by atoms with E-state index in [0.29, 0.717) is 0 Å². The highest BCUT2D eigenvalue weighted by Gasteiger charge is 2.28. The number of ether oxygens (including phenoxy) is 2. The second-order valence-electron chi connectivity index (χ2n) is 6.26. The van der Waals surface area contributed by atoms with E-state index in [-0.39, 0.29) is 11.6 Å². The lowest BCUT2D eigenvalue weighted by Gasteiger charge is -2.41. The Morgan fingerprint density at radius 3 is 2.62 bits per heavy atom. The van der Waals surface area contributed by atoms with Gasteiger partial charge in [0.2, 0.25) is 0 Å². The van der Waals surface area contributed by atoms with E-state index in [9.17, 15) is 0 Å². The predicted octanol–water partition coefficient (Wildman–Crippen LogP) is 2.46. The third-order valence-electron chi connectivity index (χ3n) is 4.31. The van der Waals surface area contributed by atoms with Crippen molar-refractivity contribution in [3.8, 4) is 5.75 Å². The van der Waals surface area contributed by atoms with E-state index in [1.54, 1.807) is 7.11 Å². The normalized spacial score (nSPS) is 18.5. The van der Waals surface area contributed by atoms with E-state index < -0.39 is 0 Å². The first kappa shape index (κ1) is 16.3. The maximum absolute atomic E-state index is 5.45. The fraction of sp³-hybridized carbons (Fsp3) is 0.647. The number of hydrogen-bond acceptors (Lipinski definition) is 4. The van der Waals surface area contributed by atoms with Gasteiger partial charge in [0.1, 0.15) is 5.75 Å². The first-order chi connectivity index (χ1) is 10.0. The molecule has 4 nitrogen and oxygen atoms in total. The average molecular weight is 292 g/mol. The summed E-state index contributed by atoms with van der Waals surface area (Å²) < 4.78 is 10.9. The fourth-order valence-electron chi connectivity index (χ4n) is 2.82. The first-order valence-corrected chi connectivity index (χ1v) is 7.73. The Morgan fingerprint density at radius 2 is 1.95 bits per heavy atom. The molecule has 1 heterocycles. The number of benzene rings is 1. The highest BCUT2D eigenvalue weighted by molar-refractivity contribution is 5.35. The minimum Gasteiger partial charge on any atom is -0.496 e. The third-order valence-corrected chi connectivity index (χ3v) is 4.31. The predicted molar refractivity (Wildman–Crippen MR) is 85.9 cm³/mol. The summed E-state index contributed by atoms with van der Waals surface area (Å²) in [7, 11) is 1.73. The molecule has 0 aromatic heterocycles. The van der Waals surface area contributed by atoms with Crippen molar-refractivity contribution >= 4 is 0 Å². The number of nitrogens with zero attached hydrogens (tertiary/aromatic N) is 1. The van der Waals surface area contributed by atoms with Gasteiger partial charge in [0, 0.05) is 36.8 Å². The van der Waals surface area contributed by atoms with Crippen LogP contribution in [0.3, 0.4) is 0 Å². The van der Waals surface area contributed by atoms with Crippen molar-refractivity contribution in [1.29, 1.82) is 0 Å². The third kappa shape index (κ3) is 4.19. The Hall–Kier alpha value is -1.10. The summed E-state index contributed by atoms with van der Waals surface area (Å²) in [4.78, 5) is 2.50. The molecule has 1 aromatic carbocycles. The molecule has 1 aliphatic rings. The zero-order valence-corrected chi connectivity index (χ0v) is 13.7. The number of rotatable bonds is 6. The quantitative estimate of drug-likeness (QED) is 0.873. The maximum atomic E-state index is 5.45. The van der Waals surface area contributed by atoms with Crippen LogP contribution in [0.5, 0.6) is 5.75 Å². The molecule has 0 spiro atoms. The summed E-state index contributed by atoms with van der Waals surface area (Å²) in [5.74, 6) is 0.946. The van der Waals surface area contributed by atoms with Crippen LogP contribution in [0.15, 0.2) is 24.3 Å². The van der Waals surface area contributed by atoms with E-state index in [0.717, 1.165) is 38.6 Å². The second kappa shape index (κ2) is 7.25. The lowest BCUT2D eigenvalue weighted by atomic mass is 10.00. The fourth-order valence-corrected chi connectivity index (χ4v) is 2.82. The van der Waals surface area contributed by atoms with Gasteiger partial charge < -0.3 is 14.8 Å². The van der Waals surface area contributed by atoms with Crippen molar-refractivity contribution in [1.82, 2.24) is 10.2 Å². The van der Waals surface area contributed by atoms with Gasteiger partial charge in [-0.3, -0.25) is 4.90 Å². The monoisotopic (exact) mass is 292 g/mol. The first-order valence-electron chi connectivity index (χ1n) is 7.73. The Morgan fingerprint density at radius 1 is 1.29 bits per heavy atom. The van der Waals surface area contributed by atoms with Crippen LogP contribution in [0.1, 0.15) is 32.4 Å². The second-order valence-corrected chi connectivity index (χ2v) is 6.26. The van der Waals surface area contributed by atoms with Crippen molar-refractivity contribution in [3.63, 3.8) is 0 Å². The molecule has 1 unspecified atom stereocenters. The van der Waals surface area contributed by atoms with Gasteiger partial charge in [0.25, 0.3) is 0 Å². The van der Waals surface area contributed by atoms with Crippen molar-refractivity contribution in [3.05, 3.63) is 29.8 Å². The molecule has 1 fully saturated rings. The lowest BCUT2D eigenvalue weighted by Crippen LogP contribution is -2.54. The van der Waals surface area contributed by atoms with E-state index >= 15 is 0 Å². The molecule has 118 valence electrons. The van der Waals surface area contributed by atoms with Crippen LogP contribution >= 0.6 is 0 Å². The molecule has 1 N–H and O–H groups in total. The summed E-state index contributed by atoms with van der Waals surface area (Å²) in [6.45, 7) is 11.4. The number of para-hydroxylation sites is 1. The molecular formula is C17H28N2O2. The van der Waals surface area contributed by atoms with Gasteiger partial charge in [-0.05, 0) is 26.8 Å². The zero-order chi connectivity index (χ0) is 15.3. The molecule has 0 aliphatic carbocycles. The van der Waals surface area contributed by atoms with Crippen LogP contribution < -0.4 is 10.1 Å². The number of methoxy groups -OCH3 is 1. The summed E-state index contributed by atoms with van der Waals surface area (Å²) in [6.07, 6.45) is 0. The Bertz CT molecular complexity index is 442. The van der Waals surface area contributed by atoms with Gasteiger partial charge in [0.05, 0.1) is 20.3 Å². The van der Waals surface area contributed by atoms with Gasteiger partial charge in [-0.1, -0.05) is 18.2 Å². The standard InChI is InChI=1S/C17H28N2O2/c1-14(15-7-5-6-8-16(15)20-4)18-13-17(2,3)19-9-11-21-12-10-19/h5-8,14,18H,9-13H2,1-4H3. The SMILES string of the molecule is COc1ccccc1C(C)NCC(C)(C)N1CCOCC1. The molecule has 1 aliphatic heterocycles. The summed E-state index contributed by atoms with van der Waals surface area (Å²) in [6, 6.07) is 8.47. The molecule has 1 atom stereocenters. The minimum atomic E-state index is 0.125. The molecule has 0 bridgehead atoms. The van der Waals surface area contributed by atoms with Gasteiger partial charge >= 0.3 is 0 Å². The van der Waals surface area contributed by atoms with Gasteiger partial charge in [-0.2, -0.15) is 0 Å². The highest BCUT2D eigenvalue weighted by atomic mass is 16.5. The average Bonchev–Trinajstić information content (AvgIpc) is 2.53. The molecule has 0 radical (unpaired) electrons. The lowest BCUT2D eigenvalue weighted by molar-refractivity contribution is -0.0102. The number of nitrogens with one attached hydrogen (secondary N) is 1. The largest absolute Gasteiger partial charge is 0.496 e. The van der Waals surface area contributed by atoms with Crippen LogP contribution in [0, 0.1) is 0 Å². The van der Waals surface area contributed by atoms with Gasteiger partial charge in [-0.25, -0.2) is 0 Å². The van der Waals surface area contributed by atoms with Crippen LogP contribution in [0.2, 0.25) is 0 Å². The molecule has 2 rings (SSSR count). The maximum Gasteiger partial charge on any atom is 0.123 e. The minimum absolute atomic E-state index is 0.125. The van der Waals surface area contributed by atoms with Crippen LogP contribution in [-0.2, 0) is 4.74 Å². The van der Waals surface area contributed by atoms with Gasteiger partial charge in [-0.15, -0.1) is 0 Å². The van der Waals surface area contributed by atoms with Crippen molar-refractivity contribution in [2.75, 3.05) is 40.0 Å². The molecule has 1 aromatic rings. The van der Waals surface area contributed by atoms with Crippen molar-refractivity contribution < 1.29 is 9.47 Å². The Kier molecular flexibility index (Phi) is 5.62. The summed E-state index contributed by atoms with van der Waals surface area (Å²) in [5, 5.41) is 3.65. The van der Waals surface area contributed by atoms with Crippen LogP contribution in [0.25, 0.3) is 0 Å². The molecule has 4 heteroatoms.